The van der Waals surface area contributed by atoms with Crippen LogP contribution in [0, 0.1) is 12.7 Å². The number of carbonyl (C=O) groups is 1. The number of carbonyl (C=O) groups excluding carboxylic acids is 1. The molecule has 0 radical (unpaired) electrons. The second-order valence-corrected chi connectivity index (χ2v) is 6.82. The summed E-state index contributed by atoms with van der Waals surface area (Å²) in [7, 11) is 1.58. The van der Waals surface area contributed by atoms with E-state index in [4.69, 9.17) is 4.74 Å². The van der Waals surface area contributed by atoms with Crippen molar-refractivity contribution in [3.05, 3.63) is 95.9 Å². The van der Waals surface area contributed by atoms with Gasteiger partial charge in [-0.2, -0.15) is 5.10 Å². The molecule has 0 aliphatic carbocycles. The van der Waals surface area contributed by atoms with Crippen molar-refractivity contribution >= 4 is 11.6 Å². The summed E-state index contributed by atoms with van der Waals surface area (Å²) < 4.78 is 21.0. The summed E-state index contributed by atoms with van der Waals surface area (Å²) in [5.74, 6) is -0.0574. The number of aryl methyl sites for hydroxylation is 1. The molecule has 0 unspecified atom stereocenters. The van der Waals surface area contributed by atoms with Crippen molar-refractivity contribution in [1.82, 2.24) is 9.78 Å². The van der Waals surface area contributed by atoms with Gasteiger partial charge in [0.1, 0.15) is 17.3 Å². The van der Waals surface area contributed by atoms with Gasteiger partial charge in [-0.3, -0.25) is 4.79 Å². The Morgan fingerprint density at radius 2 is 1.70 bits per heavy atom. The second-order valence-electron chi connectivity index (χ2n) is 6.82. The summed E-state index contributed by atoms with van der Waals surface area (Å²) in [6.45, 7) is 1.98. The van der Waals surface area contributed by atoms with Crippen LogP contribution in [0.15, 0.2) is 78.9 Å². The average Bonchev–Trinajstić information content (AvgIpc) is 3.21. The van der Waals surface area contributed by atoms with Gasteiger partial charge in [-0.1, -0.05) is 29.8 Å². The van der Waals surface area contributed by atoms with Gasteiger partial charge < -0.3 is 10.1 Å². The average molecular weight is 401 g/mol. The fourth-order valence-electron chi connectivity index (χ4n) is 3.10. The van der Waals surface area contributed by atoms with Crippen molar-refractivity contribution < 1.29 is 13.9 Å². The van der Waals surface area contributed by atoms with Crippen LogP contribution >= 0.6 is 0 Å². The van der Waals surface area contributed by atoms with Crippen LogP contribution in [0.3, 0.4) is 0 Å². The number of ether oxygens (including phenoxy) is 1. The van der Waals surface area contributed by atoms with E-state index in [1.165, 1.54) is 10.7 Å². The van der Waals surface area contributed by atoms with E-state index in [0.29, 0.717) is 34.1 Å². The smallest absolute Gasteiger partial charge is 0.274 e. The van der Waals surface area contributed by atoms with Crippen LogP contribution < -0.4 is 10.1 Å². The Morgan fingerprint density at radius 1 is 1.00 bits per heavy atom. The highest BCUT2D eigenvalue weighted by Gasteiger charge is 2.19. The number of aromatic nitrogens is 2. The first-order valence-corrected chi connectivity index (χ1v) is 9.42. The lowest BCUT2D eigenvalue weighted by Gasteiger charge is -2.09. The number of hydrogen-bond acceptors (Lipinski definition) is 3. The third kappa shape index (κ3) is 3.93. The molecule has 0 aliphatic heterocycles. The first kappa shape index (κ1) is 19.4. The SMILES string of the molecule is COc1ccc(-n2nc(-c3ccccc3F)cc2C(=O)Nc2ccc(C)cc2)cc1. The molecule has 0 atom stereocenters. The predicted molar refractivity (Wildman–Crippen MR) is 115 cm³/mol. The number of benzene rings is 3. The standard InChI is InChI=1S/C24H20FN3O2/c1-16-7-9-17(10-8-16)26-24(29)23-15-22(20-5-3-4-6-21(20)25)27-28(23)18-11-13-19(30-2)14-12-18/h3-15H,1-2H3,(H,26,29). The Morgan fingerprint density at radius 3 is 2.37 bits per heavy atom. The molecule has 0 spiro atoms. The summed E-state index contributed by atoms with van der Waals surface area (Å²) >= 11 is 0. The lowest BCUT2D eigenvalue weighted by Crippen LogP contribution is -2.16. The number of halogens is 1. The minimum atomic E-state index is -0.401. The zero-order chi connectivity index (χ0) is 21.1. The Balaban J connectivity index is 1.77. The first-order chi connectivity index (χ1) is 14.5. The molecule has 4 rings (SSSR count). The number of amides is 1. The quantitative estimate of drug-likeness (QED) is 0.497. The molecule has 1 N–H and O–H groups in total. The topological polar surface area (TPSA) is 56.2 Å². The molecule has 30 heavy (non-hydrogen) atoms. The fourth-order valence-corrected chi connectivity index (χ4v) is 3.10. The van der Waals surface area contributed by atoms with Gasteiger partial charge in [0.05, 0.1) is 18.5 Å². The largest absolute Gasteiger partial charge is 0.497 e. The molecular weight excluding hydrogens is 381 g/mol. The zero-order valence-electron chi connectivity index (χ0n) is 16.6. The van der Waals surface area contributed by atoms with E-state index >= 15 is 0 Å². The van der Waals surface area contributed by atoms with Crippen LogP contribution in [0.2, 0.25) is 0 Å². The normalized spacial score (nSPS) is 10.6. The van der Waals surface area contributed by atoms with Gasteiger partial charge in [0.25, 0.3) is 5.91 Å². The Kier molecular flexibility index (Phi) is 5.30. The van der Waals surface area contributed by atoms with Crippen LogP contribution in [0.4, 0.5) is 10.1 Å². The van der Waals surface area contributed by atoms with Gasteiger partial charge in [-0.05, 0) is 61.5 Å². The molecule has 1 aromatic heterocycles. The van der Waals surface area contributed by atoms with Gasteiger partial charge in [0, 0.05) is 11.3 Å². The summed E-state index contributed by atoms with van der Waals surface area (Å²) in [6.07, 6.45) is 0. The van der Waals surface area contributed by atoms with Crippen LogP contribution in [0.1, 0.15) is 16.1 Å². The maximum Gasteiger partial charge on any atom is 0.274 e. The summed E-state index contributed by atoms with van der Waals surface area (Å²) in [6, 6.07) is 22.6. The van der Waals surface area contributed by atoms with Crippen molar-refractivity contribution in [2.24, 2.45) is 0 Å². The highest BCUT2D eigenvalue weighted by atomic mass is 19.1. The van der Waals surface area contributed by atoms with E-state index in [0.717, 1.165) is 5.56 Å². The van der Waals surface area contributed by atoms with E-state index < -0.39 is 5.82 Å². The molecule has 6 heteroatoms. The molecule has 1 amide bonds. The van der Waals surface area contributed by atoms with Crippen molar-refractivity contribution in [2.45, 2.75) is 6.92 Å². The molecule has 5 nitrogen and oxygen atoms in total. The highest BCUT2D eigenvalue weighted by Crippen LogP contribution is 2.25. The highest BCUT2D eigenvalue weighted by molar-refractivity contribution is 6.04. The molecule has 3 aromatic carbocycles. The Hall–Kier alpha value is -3.93. The third-order valence-electron chi connectivity index (χ3n) is 4.72. The molecule has 0 bridgehead atoms. The lowest BCUT2D eigenvalue weighted by atomic mass is 10.1. The molecular formula is C24H20FN3O2. The van der Waals surface area contributed by atoms with Gasteiger partial charge in [0.2, 0.25) is 0 Å². The van der Waals surface area contributed by atoms with Gasteiger partial charge in [0.15, 0.2) is 0 Å². The van der Waals surface area contributed by atoms with Crippen molar-refractivity contribution in [1.29, 1.82) is 0 Å². The van der Waals surface area contributed by atoms with Crippen molar-refractivity contribution in [2.75, 3.05) is 12.4 Å². The first-order valence-electron chi connectivity index (χ1n) is 9.42. The van der Waals surface area contributed by atoms with Crippen LogP contribution in [0.25, 0.3) is 16.9 Å². The fraction of sp³-hybridized carbons (Fsp3) is 0.0833. The minimum absolute atomic E-state index is 0.291. The summed E-state index contributed by atoms with van der Waals surface area (Å²) in [5, 5.41) is 7.40. The lowest BCUT2D eigenvalue weighted by molar-refractivity contribution is 0.101. The molecule has 0 fully saturated rings. The van der Waals surface area contributed by atoms with E-state index in [1.54, 1.807) is 55.6 Å². The summed E-state index contributed by atoms with van der Waals surface area (Å²) in [5.41, 5.74) is 3.41. The van der Waals surface area contributed by atoms with Crippen molar-refractivity contribution in [3.63, 3.8) is 0 Å². The van der Waals surface area contributed by atoms with Crippen LogP contribution in [0.5, 0.6) is 5.75 Å². The van der Waals surface area contributed by atoms with Crippen LogP contribution in [-0.2, 0) is 0 Å². The third-order valence-corrected chi connectivity index (χ3v) is 4.72. The molecule has 0 saturated carbocycles. The molecule has 4 aromatic rings. The number of anilines is 1. The number of nitrogens with one attached hydrogen (secondary N) is 1. The maximum atomic E-state index is 14.3. The van der Waals surface area contributed by atoms with Crippen molar-refractivity contribution in [3.8, 4) is 22.7 Å². The van der Waals surface area contributed by atoms with E-state index in [2.05, 4.69) is 10.4 Å². The molecule has 1 heterocycles. The molecule has 0 aliphatic rings. The zero-order valence-corrected chi connectivity index (χ0v) is 16.6. The number of hydrogen-bond donors (Lipinski definition) is 1. The molecule has 0 saturated heterocycles. The number of methoxy groups -OCH3 is 1. The monoisotopic (exact) mass is 401 g/mol. The Bertz CT molecular complexity index is 1180. The minimum Gasteiger partial charge on any atom is -0.497 e. The number of nitrogens with zero attached hydrogens (tertiary/aromatic N) is 2. The van der Waals surface area contributed by atoms with Crippen LogP contribution in [-0.4, -0.2) is 22.8 Å². The number of rotatable bonds is 5. The predicted octanol–water partition coefficient (Wildman–Crippen LogP) is 5.25. The van der Waals surface area contributed by atoms with Gasteiger partial charge >= 0.3 is 0 Å². The van der Waals surface area contributed by atoms with E-state index in [9.17, 15) is 9.18 Å². The van der Waals surface area contributed by atoms with E-state index in [1.807, 2.05) is 31.2 Å². The Labute approximate surface area is 173 Å². The van der Waals surface area contributed by atoms with E-state index in [-0.39, 0.29) is 5.91 Å². The molecule has 150 valence electrons. The maximum absolute atomic E-state index is 14.3. The van der Waals surface area contributed by atoms with Gasteiger partial charge in [-0.25, -0.2) is 9.07 Å². The second kappa shape index (κ2) is 8.21. The summed E-state index contributed by atoms with van der Waals surface area (Å²) in [4.78, 5) is 13.1. The van der Waals surface area contributed by atoms with Gasteiger partial charge in [-0.15, -0.1) is 0 Å².